The van der Waals surface area contributed by atoms with E-state index < -0.39 is 5.54 Å². The Bertz CT molecular complexity index is 1060. The lowest BCUT2D eigenvalue weighted by molar-refractivity contribution is -0.132. The molecule has 2 aliphatic rings. The number of halogens is 1. The number of carbonyl (C=O) groups excluding carboxylic acids is 3. The molecule has 2 aliphatic heterocycles. The summed E-state index contributed by atoms with van der Waals surface area (Å²) in [6, 6.07) is 7.32. The highest BCUT2D eigenvalue weighted by molar-refractivity contribution is 6.01. The molecular formula is C24H31FN6O3. The number of likely N-dealkylation sites (tertiary alicyclic amines) is 1. The number of rotatable bonds is 8. The number of fused-ring (bicyclic) bond motifs is 1. The van der Waals surface area contributed by atoms with Crippen LogP contribution in [0.5, 0.6) is 0 Å². The van der Waals surface area contributed by atoms with Gasteiger partial charge in [0.2, 0.25) is 5.91 Å². The average Bonchev–Trinajstić information content (AvgIpc) is 3.50. The molecule has 0 radical (unpaired) electrons. The van der Waals surface area contributed by atoms with Crippen molar-refractivity contribution in [3.8, 4) is 0 Å². The molecule has 1 atom stereocenters. The first-order valence-corrected chi connectivity index (χ1v) is 11.7. The van der Waals surface area contributed by atoms with Crippen LogP contribution in [0, 0.1) is 5.82 Å². The maximum atomic E-state index is 13.1. The summed E-state index contributed by atoms with van der Waals surface area (Å²) in [6.45, 7) is 5.70. The summed E-state index contributed by atoms with van der Waals surface area (Å²) >= 11 is 0. The number of carbonyl (C=O) groups is 3. The minimum Gasteiger partial charge on any atom is -0.351 e. The average molecular weight is 471 g/mol. The Morgan fingerprint density at radius 1 is 1.15 bits per heavy atom. The number of amides is 3. The van der Waals surface area contributed by atoms with E-state index in [-0.39, 0.29) is 48.0 Å². The quantitative estimate of drug-likeness (QED) is 0.568. The van der Waals surface area contributed by atoms with E-state index in [0.29, 0.717) is 6.54 Å². The predicted octanol–water partition coefficient (Wildman–Crippen LogP) is 1.40. The second-order valence-electron chi connectivity index (χ2n) is 9.18. The maximum Gasteiger partial charge on any atom is 0.272 e. The molecule has 9 nitrogen and oxygen atoms in total. The molecule has 2 aromatic rings. The van der Waals surface area contributed by atoms with Crippen LogP contribution in [0.2, 0.25) is 0 Å². The first-order valence-electron chi connectivity index (χ1n) is 11.7. The van der Waals surface area contributed by atoms with Gasteiger partial charge in [0, 0.05) is 26.2 Å². The van der Waals surface area contributed by atoms with Crippen LogP contribution in [0.25, 0.3) is 0 Å². The van der Waals surface area contributed by atoms with Crippen molar-refractivity contribution < 1.29 is 18.8 Å². The van der Waals surface area contributed by atoms with Gasteiger partial charge in [-0.2, -0.15) is 5.10 Å². The lowest BCUT2D eigenvalue weighted by Crippen LogP contribution is -2.62. The summed E-state index contributed by atoms with van der Waals surface area (Å²) < 4.78 is 14.5. The highest BCUT2D eigenvalue weighted by atomic mass is 19.1. The molecule has 0 spiro atoms. The molecule has 0 bridgehead atoms. The van der Waals surface area contributed by atoms with E-state index in [4.69, 9.17) is 0 Å². The van der Waals surface area contributed by atoms with E-state index in [2.05, 4.69) is 20.6 Å². The molecule has 1 aromatic heterocycles. The lowest BCUT2D eigenvalue weighted by Gasteiger charge is -2.40. The number of nitrogens with zero attached hydrogens (tertiary/aromatic N) is 4. The summed E-state index contributed by atoms with van der Waals surface area (Å²) in [5.41, 5.74) is -0.0198. The van der Waals surface area contributed by atoms with Crippen molar-refractivity contribution >= 4 is 17.7 Å². The van der Waals surface area contributed by atoms with Gasteiger partial charge in [-0.15, -0.1) is 0 Å². The van der Waals surface area contributed by atoms with Crippen LogP contribution in [0.15, 0.2) is 30.3 Å². The zero-order valence-corrected chi connectivity index (χ0v) is 19.6. The van der Waals surface area contributed by atoms with Crippen molar-refractivity contribution in [1.82, 2.24) is 30.2 Å². The molecule has 182 valence electrons. The fourth-order valence-corrected chi connectivity index (χ4v) is 4.41. The molecule has 4 rings (SSSR count). The Balaban J connectivity index is 1.37. The molecule has 0 saturated carbocycles. The number of hydrogen-bond acceptors (Lipinski definition) is 5. The van der Waals surface area contributed by atoms with E-state index in [1.807, 2.05) is 0 Å². The van der Waals surface area contributed by atoms with Gasteiger partial charge in [0.05, 0.1) is 6.54 Å². The van der Waals surface area contributed by atoms with Gasteiger partial charge in [-0.1, -0.05) is 12.1 Å². The number of benzene rings is 1. The Labute approximate surface area is 198 Å². The van der Waals surface area contributed by atoms with Crippen molar-refractivity contribution in [2.45, 2.75) is 44.8 Å². The minimum atomic E-state index is -1.19. The van der Waals surface area contributed by atoms with Gasteiger partial charge < -0.3 is 20.4 Å². The van der Waals surface area contributed by atoms with Crippen molar-refractivity contribution in [1.29, 1.82) is 0 Å². The first-order chi connectivity index (χ1) is 16.3. The molecule has 2 N–H and O–H groups in total. The molecule has 34 heavy (non-hydrogen) atoms. The second kappa shape index (κ2) is 9.92. The van der Waals surface area contributed by atoms with Crippen molar-refractivity contribution in [3.05, 3.63) is 53.1 Å². The van der Waals surface area contributed by atoms with Crippen molar-refractivity contribution in [2.75, 3.05) is 33.2 Å². The number of nitrogens with one attached hydrogen (secondary N) is 2. The van der Waals surface area contributed by atoms with E-state index >= 15 is 0 Å². The number of hydrogen-bond donors (Lipinski definition) is 2. The second-order valence-corrected chi connectivity index (χ2v) is 9.18. The molecule has 1 saturated heterocycles. The van der Waals surface area contributed by atoms with Gasteiger partial charge >= 0.3 is 0 Å². The highest BCUT2D eigenvalue weighted by Crippen LogP contribution is 2.26. The topological polar surface area (TPSA) is 99.6 Å². The number of likely N-dealkylation sites (N-methyl/N-ethyl adjacent to an activating group) is 1. The van der Waals surface area contributed by atoms with Gasteiger partial charge in [-0.3, -0.25) is 19.1 Å². The fraction of sp³-hybridized carbons (Fsp3) is 0.500. The van der Waals surface area contributed by atoms with Crippen LogP contribution >= 0.6 is 0 Å². The SMILES string of the molecule is CN1C(=O)c2cc(C(=O)NCCCN3CCCC3)nn2CC1(C)C(=O)NCc1ccc(F)cc1. The highest BCUT2D eigenvalue weighted by Gasteiger charge is 2.46. The zero-order valence-electron chi connectivity index (χ0n) is 19.6. The van der Waals surface area contributed by atoms with E-state index in [9.17, 15) is 18.8 Å². The Kier molecular flexibility index (Phi) is 6.97. The van der Waals surface area contributed by atoms with E-state index in [1.54, 1.807) is 26.1 Å². The lowest BCUT2D eigenvalue weighted by atomic mass is 9.96. The zero-order chi connectivity index (χ0) is 24.3. The van der Waals surface area contributed by atoms with E-state index in [1.165, 1.54) is 40.6 Å². The third-order valence-electron chi connectivity index (χ3n) is 6.73. The summed E-state index contributed by atoms with van der Waals surface area (Å²) in [5.74, 6) is -1.42. The van der Waals surface area contributed by atoms with Crippen LogP contribution < -0.4 is 10.6 Å². The van der Waals surface area contributed by atoms with Gasteiger partial charge in [-0.05, 0) is 63.5 Å². The normalized spacial score (nSPS) is 20.3. The number of aromatic nitrogens is 2. The van der Waals surface area contributed by atoms with Crippen LogP contribution in [0.4, 0.5) is 4.39 Å². The largest absolute Gasteiger partial charge is 0.351 e. The molecule has 1 unspecified atom stereocenters. The Hall–Kier alpha value is -3.27. The Morgan fingerprint density at radius 3 is 2.56 bits per heavy atom. The first kappa shape index (κ1) is 23.9. The monoisotopic (exact) mass is 470 g/mol. The molecular weight excluding hydrogens is 439 g/mol. The fourth-order valence-electron chi connectivity index (χ4n) is 4.41. The summed E-state index contributed by atoms with van der Waals surface area (Å²) in [5, 5.41) is 10.0. The summed E-state index contributed by atoms with van der Waals surface area (Å²) in [4.78, 5) is 42.4. The minimum absolute atomic E-state index is 0.113. The molecule has 0 aliphatic carbocycles. The van der Waals surface area contributed by atoms with Gasteiger partial charge in [-0.25, -0.2) is 4.39 Å². The van der Waals surface area contributed by atoms with E-state index in [0.717, 1.165) is 31.6 Å². The summed E-state index contributed by atoms with van der Waals surface area (Å²) in [6.07, 6.45) is 3.32. The van der Waals surface area contributed by atoms with Crippen molar-refractivity contribution in [3.63, 3.8) is 0 Å². The smallest absolute Gasteiger partial charge is 0.272 e. The molecule has 1 aromatic carbocycles. The van der Waals surface area contributed by atoms with Crippen LogP contribution in [0.1, 0.15) is 52.7 Å². The maximum absolute atomic E-state index is 13.1. The summed E-state index contributed by atoms with van der Waals surface area (Å²) in [7, 11) is 1.56. The van der Waals surface area contributed by atoms with Gasteiger partial charge in [0.15, 0.2) is 5.69 Å². The molecule has 3 heterocycles. The molecule has 3 amide bonds. The van der Waals surface area contributed by atoms with Crippen molar-refractivity contribution in [2.24, 2.45) is 0 Å². The Morgan fingerprint density at radius 2 is 1.85 bits per heavy atom. The predicted molar refractivity (Wildman–Crippen MR) is 124 cm³/mol. The molecule has 1 fully saturated rings. The van der Waals surface area contributed by atoms with Gasteiger partial charge in [0.1, 0.15) is 17.1 Å². The van der Waals surface area contributed by atoms with Crippen LogP contribution in [0.3, 0.4) is 0 Å². The molecule has 10 heteroatoms. The van der Waals surface area contributed by atoms with Crippen LogP contribution in [-0.2, 0) is 17.9 Å². The standard InChI is InChI=1S/C24H31FN6O3/c1-24(23(34)27-15-17-6-8-18(25)9-7-17)16-31-20(22(33)29(24)2)14-19(28-31)21(32)26-10-5-13-30-11-3-4-12-30/h6-9,14H,3-5,10-13,15-16H2,1-2H3,(H,26,32)(H,27,34). The third kappa shape index (κ3) is 4.96. The third-order valence-corrected chi connectivity index (χ3v) is 6.73. The van der Waals surface area contributed by atoms with Gasteiger partial charge in [0.25, 0.3) is 11.8 Å². The van der Waals surface area contributed by atoms with Crippen LogP contribution in [-0.4, -0.2) is 76.1 Å².